The molecule has 3 rings (SSSR count). The van der Waals surface area contributed by atoms with Crippen LogP contribution in [-0.2, 0) is 13.1 Å². The number of aliphatic hydroxyl groups excluding tert-OH is 1. The van der Waals surface area contributed by atoms with Gasteiger partial charge in [0, 0.05) is 19.6 Å². The van der Waals surface area contributed by atoms with Gasteiger partial charge in [0.2, 0.25) is 0 Å². The molecule has 0 bridgehead atoms. The minimum Gasteiger partial charge on any atom is -0.491 e. The molecule has 0 unspecified atom stereocenters. The lowest BCUT2D eigenvalue weighted by atomic mass is 10.1. The molecule has 3 aromatic carbocycles. The summed E-state index contributed by atoms with van der Waals surface area (Å²) in [5, 5.41) is 10.5. The molecule has 0 aliphatic carbocycles. The second-order valence-corrected chi connectivity index (χ2v) is 6.42. The molecule has 3 aromatic rings. The van der Waals surface area contributed by atoms with Gasteiger partial charge in [-0.3, -0.25) is 4.90 Å². The van der Waals surface area contributed by atoms with E-state index in [9.17, 15) is 5.11 Å². The number of benzene rings is 3. The summed E-state index contributed by atoms with van der Waals surface area (Å²) in [5.41, 5.74) is 2.47. The van der Waals surface area contributed by atoms with Crippen LogP contribution in [0.4, 0.5) is 0 Å². The van der Waals surface area contributed by atoms with E-state index in [1.54, 1.807) is 0 Å². The van der Waals surface area contributed by atoms with Crippen LogP contribution >= 0.6 is 0 Å². The predicted octanol–water partition coefficient (Wildman–Crippen LogP) is 4.13. The van der Waals surface area contributed by atoms with Crippen molar-refractivity contribution < 1.29 is 9.84 Å². The maximum atomic E-state index is 10.5. The molecule has 0 saturated carbocycles. The van der Waals surface area contributed by atoms with E-state index in [1.807, 2.05) is 66.7 Å². The molecule has 0 aromatic heterocycles. The Morgan fingerprint density at radius 2 is 1.15 bits per heavy atom. The molecule has 0 radical (unpaired) electrons. The van der Waals surface area contributed by atoms with Crippen LogP contribution in [0.5, 0.6) is 5.75 Å². The van der Waals surface area contributed by atoms with Crippen molar-refractivity contribution in [3.05, 3.63) is 102 Å². The van der Waals surface area contributed by atoms with Gasteiger partial charge in [0.25, 0.3) is 0 Å². The van der Waals surface area contributed by atoms with Crippen LogP contribution in [0, 0.1) is 0 Å². The lowest BCUT2D eigenvalue weighted by molar-refractivity contribution is 0.0628. The van der Waals surface area contributed by atoms with Gasteiger partial charge in [0.1, 0.15) is 18.5 Å². The quantitative estimate of drug-likeness (QED) is 0.632. The van der Waals surface area contributed by atoms with Gasteiger partial charge < -0.3 is 9.84 Å². The van der Waals surface area contributed by atoms with Crippen molar-refractivity contribution in [3.63, 3.8) is 0 Å². The number of hydrogen-bond acceptors (Lipinski definition) is 3. The Bertz CT molecular complexity index is 705. The second kappa shape index (κ2) is 9.76. The Hall–Kier alpha value is -2.62. The number of ether oxygens (including phenoxy) is 1. The third-order valence-corrected chi connectivity index (χ3v) is 4.15. The molecule has 1 N–H and O–H groups in total. The Kier molecular flexibility index (Phi) is 6.82. The molecule has 0 spiro atoms. The first-order chi connectivity index (χ1) is 12.8. The summed E-state index contributed by atoms with van der Waals surface area (Å²) in [5.74, 6) is 0.782. The molecule has 26 heavy (non-hydrogen) atoms. The van der Waals surface area contributed by atoms with E-state index >= 15 is 0 Å². The van der Waals surface area contributed by atoms with E-state index in [0.29, 0.717) is 6.54 Å². The van der Waals surface area contributed by atoms with Crippen molar-refractivity contribution in [1.82, 2.24) is 4.90 Å². The summed E-state index contributed by atoms with van der Waals surface area (Å²) in [6.07, 6.45) is -0.553. The third kappa shape index (κ3) is 6.03. The zero-order valence-corrected chi connectivity index (χ0v) is 14.9. The maximum Gasteiger partial charge on any atom is 0.119 e. The molecule has 0 fully saturated rings. The Labute approximate surface area is 155 Å². The van der Waals surface area contributed by atoms with Gasteiger partial charge in [-0.05, 0) is 23.3 Å². The minimum atomic E-state index is -0.553. The Morgan fingerprint density at radius 3 is 1.65 bits per heavy atom. The van der Waals surface area contributed by atoms with Crippen molar-refractivity contribution in [3.8, 4) is 5.75 Å². The zero-order valence-electron chi connectivity index (χ0n) is 14.9. The van der Waals surface area contributed by atoms with Crippen LogP contribution in [-0.4, -0.2) is 29.3 Å². The average Bonchev–Trinajstić information content (AvgIpc) is 2.69. The maximum absolute atomic E-state index is 10.5. The van der Waals surface area contributed by atoms with Gasteiger partial charge in [-0.1, -0.05) is 78.9 Å². The van der Waals surface area contributed by atoms with E-state index in [0.717, 1.165) is 18.8 Å². The number of aliphatic hydroxyl groups is 1. The lowest BCUT2D eigenvalue weighted by Crippen LogP contribution is -2.35. The van der Waals surface area contributed by atoms with Gasteiger partial charge in [0.15, 0.2) is 0 Å². The SMILES string of the molecule is O[C@H](COc1ccccc1)CN(Cc1ccccc1)Cc1ccccc1. The molecule has 0 heterocycles. The minimum absolute atomic E-state index is 0.282. The molecule has 134 valence electrons. The topological polar surface area (TPSA) is 32.7 Å². The van der Waals surface area contributed by atoms with E-state index in [1.165, 1.54) is 11.1 Å². The van der Waals surface area contributed by atoms with Crippen molar-refractivity contribution in [2.45, 2.75) is 19.2 Å². The average molecular weight is 347 g/mol. The summed E-state index contributed by atoms with van der Waals surface area (Å²) >= 11 is 0. The highest BCUT2D eigenvalue weighted by atomic mass is 16.5. The molecule has 1 atom stereocenters. The van der Waals surface area contributed by atoms with Gasteiger partial charge in [-0.25, -0.2) is 0 Å². The standard InChI is InChI=1S/C23H25NO2/c25-22(19-26-23-14-8-3-9-15-23)18-24(16-20-10-4-1-5-11-20)17-21-12-6-2-7-13-21/h1-15,22,25H,16-19H2/t22-/m0/s1. The largest absolute Gasteiger partial charge is 0.491 e. The predicted molar refractivity (Wildman–Crippen MR) is 105 cm³/mol. The molecular formula is C23H25NO2. The Morgan fingerprint density at radius 1 is 0.692 bits per heavy atom. The van der Waals surface area contributed by atoms with Crippen LogP contribution < -0.4 is 4.74 Å². The molecule has 0 saturated heterocycles. The molecule has 3 heteroatoms. The molecule has 0 aliphatic heterocycles. The van der Waals surface area contributed by atoms with Crippen LogP contribution in [0.1, 0.15) is 11.1 Å². The summed E-state index contributed by atoms with van der Waals surface area (Å²) in [4.78, 5) is 2.25. The first kappa shape index (κ1) is 18.2. The normalized spacial score (nSPS) is 12.1. The lowest BCUT2D eigenvalue weighted by Gasteiger charge is -2.25. The van der Waals surface area contributed by atoms with E-state index in [-0.39, 0.29) is 6.61 Å². The van der Waals surface area contributed by atoms with E-state index in [2.05, 4.69) is 29.2 Å². The van der Waals surface area contributed by atoms with Crippen molar-refractivity contribution in [1.29, 1.82) is 0 Å². The van der Waals surface area contributed by atoms with Crippen LogP contribution in [0.25, 0.3) is 0 Å². The van der Waals surface area contributed by atoms with Crippen LogP contribution in [0.15, 0.2) is 91.0 Å². The smallest absolute Gasteiger partial charge is 0.119 e. The monoisotopic (exact) mass is 347 g/mol. The van der Waals surface area contributed by atoms with Crippen LogP contribution in [0.2, 0.25) is 0 Å². The fraction of sp³-hybridized carbons (Fsp3) is 0.217. The first-order valence-corrected chi connectivity index (χ1v) is 8.96. The van der Waals surface area contributed by atoms with Crippen molar-refractivity contribution in [2.24, 2.45) is 0 Å². The van der Waals surface area contributed by atoms with Gasteiger partial charge in [-0.2, -0.15) is 0 Å². The number of rotatable bonds is 9. The molecule has 3 nitrogen and oxygen atoms in total. The summed E-state index contributed by atoms with van der Waals surface area (Å²) in [7, 11) is 0. The highest BCUT2D eigenvalue weighted by Crippen LogP contribution is 2.12. The summed E-state index contributed by atoms with van der Waals surface area (Å²) < 4.78 is 5.69. The third-order valence-electron chi connectivity index (χ3n) is 4.15. The summed E-state index contributed by atoms with van der Waals surface area (Å²) in [6.45, 7) is 2.41. The zero-order chi connectivity index (χ0) is 18.0. The van der Waals surface area contributed by atoms with E-state index < -0.39 is 6.10 Å². The van der Waals surface area contributed by atoms with Crippen molar-refractivity contribution >= 4 is 0 Å². The first-order valence-electron chi connectivity index (χ1n) is 8.96. The number of nitrogens with zero attached hydrogens (tertiary/aromatic N) is 1. The van der Waals surface area contributed by atoms with Crippen LogP contribution in [0.3, 0.4) is 0 Å². The second-order valence-electron chi connectivity index (χ2n) is 6.42. The molecule has 0 aliphatic rings. The highest BCUT2D eigenvalue weighted by molar-refractivity contribution is 5.21. The fourth-order valence-electron chi connectivity index (χ4n) is 2.93. The van der Waals surface area contributed by atoms with Gasteiger partial charge in [0.05, 0.1) is 0 Å². The van der Waals surface area contributed by atoms with E-state index in [4.69, 9.17) is 4.74 Å². The van der Waals surface area contributed by atoms with Gasteiger partial charge >= 0.3 is 0 Å². The number of hydrogen-bond donors (Lipinski definition) is 1. The molecule has 0 amide bonds. The molecular weight excluding hydrogens is 322 g/mol. The van der Waals surface area contributed by atoms with Gasteiger partial charge in [-0.15, -0.1) is 0 Å². The van der Waals surface area contributed by atoms with Crippen molar-refractivity contribution in [2.75, 3.05) is 13.2 Å². The summed E-state index contributed by atoms with van der Waals surface area (Å²) in [6, 6.07) is 30.3. The highest BCUT2D eigenvalue weighted by Gasteiger charge is 2.14. The Balaban J connectivity index is 1.60. The number of para-hydroxylation sites is 1. The fourth-order valence-corrected chi connectivity index (χ4v) is 2.93.